The lowest BCUT2D eigenvalue weighted by Crippen LogP contribution is -2.18. The zero-order valence-electron chi connectivity index (χ0n) is 20.2. The van der Waals surface area contributed by atoms with Crippen LogP contribution in [0, 0.1) is 0 Å². The minimum atomic E-state index is 0.215. The van der Waals surface area contributed by atoms with Crippen LogP contribution in [-0.4, -0.2) is 5.71 Å². The van der Waals surface area contributed by atoms with Gasteiger partial charge < -0.3 is 0 Å². The van der Waals surface area contributed by atoms with Crippen LogP contribution in [0.5, 0.6) is 0 Å². The van der Waals surface area contributed by atoms with E-state index in [0.29, 0.717) is 0 Å². The molecule has 0 radical (unpaired) electrons. The molecule has 0 N–H and O–H groups in total. The Balaban J connectivity index is 1.21. The summed E-state index contributed by atoms with van der Waals surface area (Å²) in [7, 11) is 0. The van der Waals surface area contributed by atoms with Crippen molar-refractivity contribution < 1.29 is 0 Å². The normalized spacial score (nSPS) is 14.9. The molecular formula is C36H23N. The van der Waals surface area contributed by atoms with Crippen molar-refractivity contribution in [3.8, 4) is 33.4 Å². The summed E-state index contributed by atoms with van der Waals surface area (Å²) in [5, 5.41) is 2.54. The van der Waals surface area contributed by atoms with Crippen molar-refractivity contribution >= 4 is 22.2 Å². The minimum absolute atomic E-state index is 0.215. The summed E-state index contributed by atoms with van der Waals surface area (Å²) in [6, 6.07) is 48.4. The maximum atomic E-state index is 5.10. The molecular weight excluding hydrogens is 446 g/mol. The maximum Gasteiger partial charge on any atom is 0.0675 e. The van der Waals surface area contributed by atoms with E-state index >= 15 is 0 Å². The second-order valence-corrected chi connectivity index (χ2v) is 9.98. The van der Waals surface area contributed by atoms with Crippen molar-refractivity contribution in [2.24, 2.45) is 4.99 Å². The van der Waals surface area contributed by atoms with Gasteiger partial charge in [-0.3, -0.25) is 4.99 Å². The van der Waals surface area contributed by atoms with Crippen LogP contribution < -0.4 is 0 Å². The van der Waals surface area contributed by atoms with Crippen LogP contribution >= 0.6 is 0 Å². The van der Waals surface area contributed by atoms with Crippen molar-refractivity contribution in [2.75, 3.05) is 0 Å². The molecule has 1 heterocycles. The monoisotopic (exact) mass is 469 g/mol. The molecule has 0 fully saturated rings. The summed E-state index contributed by atoms with van der Waals surface area (Å²) in [6.45, 7) is 0. The molecule has 6 aromatic rings. The number of hydrogen-bond donors (Lipinski definition) is 0. The summed E-state index contributed by atoms with van der Waals surface area (Å²) >= 11 is 0. The second-order valence-electron chi connectivity index (χ2n) is 9.98. The standard InChI is InChI=1S/C36H23N/c1-2-8-26-21-27(18-17-23(26)7-1)24-13-15-25(16-14-24)28-19-20-31-33(22-28)29-9-3-4-10-30(29)35-32-11-5-6-12-34(32)37-36(31)35/h1-22,35H. The smallest absolute Gasteiger partial charge is 0.0675 e. The fourth-order valence-corrected chi connectivity index (χ4v) is 6.09. The van der Waals surface area contributed by atoms with Crippen LogP contribution in [0.3, 0.4) is 0 Å². The number of hydrogen-bond acceptors (Lipinski definition) is 1. The van der Waals surface area contributed by atoms with Gasteiger partial charge in [0.15, 0.2) is 0 Å². The number of nitrogens with zero attached hydrogens (tertiary/aromatic N) is 1. The summed E-state index contributed by atoms with van der Waals surface area (Å²) < 4.78 is 0. The number of aliphatic imine (C=N–C) groups is 1. The van der Waals surface area contributed by atoms with Crippen molar-refractivity contribution in [3.05, 3.63) is 150 Å². The fourth-order valence-electron chi connectivity index (χ4n) is 6.09. The van der Waals surface area contributed by atoms with Gasteiger partial charge in [0.05, 0.1) is 17.3 Å². The molecule has 0 saturated heterocycles. The van der Waals surface area contributed by atoms with E-state index in [9.17, 15) is 0 Å². The van der Waals surface area contributed by atoms with E-state index in [2.05, 4.69) is 133 Å². The minimum Gasteiger partial charge on any atom is -0.251 e. The zero-order chi connectivity index (χ0) is 24.3. The van der Waals surface area contributed by atoms with Gasteiger partial charge in [0.2, 0.25) is 0 Å². The van der Waals surface area contributed by atoms with E-state index < -0.39 is 0 Å². The fraction of sp³-hybridized carbons (Fsp3) is 0.0278. The lowest BCUT2D eigenvalue weighted by Gasteiger charge is -2.27. The van der Waals surface area contributed by atoms with Gasteiger partial charge in [-0.2, -0.15) is 0 Å². The Morgan fingerprint density at radius 2 is 1.03 bits per heavy atom. The average molecular weight is 470 g/mol. The largest absolute Gasteiger partial charge is 0.251 e. The zero-order valence-corrected chi connectivity index (χ0v) is 20.2. The Kier molecular flexibility index (Phi) is 4.35. The highest BCUT2D eigenvalue weighted by molar-refractivity contribution is 6.18. The topological polar surface area (TPSA) is 12.4 Å². The Morgan fingerprint density at radius 1 is 0.405 bits per heavy atom. The first kappa shape index (κ1) is 20.4. The van der Waals surface area contributed by atoms with Crippen molar-refractivity contribution in [1.29, 1.82) is 0 Å². The summed E-state index contributed by atoms with van der Waals surface area (Å²) in [4.78, 5) is 5.10. The molecule has 172 valence electrons. The second kappa shape index (κ2) is 7.88. The van der Waals surface area contributed by atoms with Crippen LogP contribution in [-0.2, 0) is 0 Å². The number of benzene rings is 6. The van der Waals surface area contributed by atoms with E-state index in [1.165, 1.54) is 66.6 Å². The third kappa shape index (κ3) is 3.14. The first-order valence-corrected chi connectivity index (χ1v) is 12.8. The molecule has 0 spiro atoms. The number of fused-ring (bicyclic) bond motifs is 9. The molecule has 8 rings (SSSR count). The highest BCUT2D eigenvalue weighted by atomic mass is 14.8. The Bertz CT molecular complexity index is 1870. The van der Waals surface area contributed by atoms with Gasteiger partial charge in [-0.1, -0.05) is 115 Å². The van der Waals surface area contributed by atoms with Crippen LogP contribution in [0.4, 0.5) is 5.69 Å². The van der Waals surface area contributed by atoms with E-state index in [0.717, 1.165) is 5.69 Å². The first-order chi connectivity index (χ1) is 18.3. The molecule has 1 nitrogen and oxygen atoms in total. The van der Waals surface area contributed by atoms with E-state index in [1.54, 1.807) is 0 Å². The summed E-state index contributed by atoms with van der Waals surface area (Å²) in [5.74, 6) is 0.215. The highest BCUT2D eigenvalue weighted by Gasteiger charge is 2.36. The molecule has 0 amide bonds. The third-order valence-corrected chi connectivity index (χ3v) is 7.92. The average Bonchev–Trinajstić information content (AvgIpc) is 3.37. The lowest BCUT2D eigenvalue weighted by atomic mass is 9.75. The van der Waals surface area contributed by atoms with E-state index in [4.69, 9.17) is 4.99 Å². The summed E-state index contributed by atoms with van der Waals surface area (Å²) in [5.41, 5.74) is 13.7. The molecule has 1 atom stereocenters. The van der Waals surface area contributed by atoms with Crippen LogP contribution in [0.1, 0.15) is 22.6 Å². The van der Waals surface area contributed by atoms with Gasteiger partial charge in [-0.15, -0.1) is 0 Å². The van der Waals surface area contributed by atoms with Crippen molar-refractivity contribution in [3.63, 3.8) is 0 Å². The molecule has 1 heteroatoms. The van der Waals surface area contributed by atoms with Gasteiger partial charge in [-0.25, -0.2) is 0 Å². The first-order valence-electron chi connectivity index (χ1n) is 12.8. The van der Waals surface area contributed by atoms with E-state index in [1.807, 2.05) is 0 Å². The number of para-hydroxylation sites is 1. The molecule has 0 bridgehead atoms. The predicted molar refractivity (Wildman–Crippen MR) is 155 cm³/mol. The summed E-state index contributed by atoms with van der Waals surface area (Å²) in [6.07, 6.45) is 0. The molecule has 1 unspecified atom stereocenters. The molecule has 0 aromatic heterocycles. The molecule has 0 saturated carbocycles. The molecule has 2 aliphatic rings. The quantitative estimate of drug-likeness (QED) is 0.239. The SMILES string of the molecule is c1ccc2c(c1)N=C1c3ccc(-c4ccc(-c5ccc6ccccc6c5)cc4)cc3-c3ccccc3C12. The van der Waals surface area contributed by atoms with Gasteiger partial charge in [0.1, 0.15) is 0 Å². The van der Waals surface area contributed by atoms with Crippen LogP contribution in [0.2, 0.25) is 0 Å². The Labute approximate surface area is 216 Å². The third-order valence-electron chi connectivity index (χ3n) is 7.92. The lowest BCUT2D eigenvalue weighted by molar-refractivity contribution is 1.10. The highest BCUT2D eigenvalue weighted by Crippen LogP contribution is 2.50. The van der Waals surface area contributed by atoms with Crippen molar-refractivity contribution in [2.45, 2.75) is 5.92 Å². The molecule has 1 aliphatic heterocycles. The molecule has 1 aliphatic carbocycles. The van der Waals surface area contributed by atoms with Gasteiger partial charge >= 0.3 is 0 Å². The van der Waals surface area contributed by atoms with Gasteiger partial charge in [-0.05, 0) is 73.5 Å². The van der Waals surface area contributed by atoms with Gasteiger partial charge in [0, 0.05) is 5.56 Å². The molecule has 6 aromatic carbocycles. The predicted octanol–water partition coefficient (Wildman–Crippen LogP) is 9.42. The Hall–Kier alpha value is -4.75. The van der Waals surface area contributed by atoms with Crippen molar-refractivity contribution in [1.82, 2.24) is 0 Å². The van der Waals surface area contributed by atoms with Crippen LogP contribution in [0.25, 0.3) is 44.2 Å². The Morgan fingerprint density at radius 3 is 1.86 bits per heavy atom. The van der Waals surface area contributed by atoms with Gasteiger partial charge in [0.25, 0.3) is 0 Å². The maximum absolute atomic E-state index is 5.10. The number of rotatable bonds is 2. The van der Waals surface area contributed by atoms with Crippen LogP contribution in [0.15, 0.2) is 138 Å². The molecule has 37 heavy (non-hydrogen) atoms. The van der Waals surface area contributed by atoms with E-state index in [-0.39, 0.29) is 5.92 Å².